The summed E-state index contributed by atoms with van der Waals surface area (Å²) in [5.41, 5.74) is 0.901. The molecule has 0 aromatic carbocycles. The molecule has 0 saturated heterocycles. The Morgan fingerprint density at radius 1 is 1.47 bits per heavy atom. The zero-order valence-electron chi connectivity index (χ0n) is 9.25. The number of carboxylic acids is 1. The molecule has 2 N–H and O–H groups in total. The van der Waals surface area contributed by atoms with Crippen molar-refractivity contribution in [1.82, 2.24) is 10.2 Å². The molecule has 2 amide bonds. The maximum atomic E-state index is 11.3. The minimum Gasteiger partial charge on any atom is -0.481 e. The number of rotatable bonds is 6. The number of hydrogen-bond acceptors (Lipinski definition) is 2. The van der Waals surface area contributed by atoms with Crippen molar-refractivity contribution in [2.45, 2.75) is 19.8 Å². The minimum atomic E-state index is -0.848. The van der Waals surface area contributed by atoms with E-state index in [0.29, 0.717) is 19.5 Å². The summed E-state index contributed by atoms with van der Waals surface area (Å²) in [6.45, 7) is 6.42. The van der Waals surface area contributed by atoms with Crippen molar-refractivity contribution in [3.63, 3.8) is 0 Å². The predicted octanol–water partition coefficient (Wildman–Crippen LogP) is 1.07. The Morgan fingerprint density at radius 3 is 2.53 bits per heavy atom. The topological polar surface area (TPSA) is 69.6 Å². The highest BCUT2D eigenvalue weighted by Crippen LogP contribution is 1.93. The monoisotopic (exact) mass is 214 g/mol. The molecule has 0 aromatic rings. The molecule has 15 heavy (non-hydrogen) atoms. The van der Waals surface area contributed by atoms with Crippen LogP contribution in [-0.2, 0) is 4.79 Å². The Balaban J connectivity index is 3.64. The van der Waals surface area contributed by atoms with Gasteiger partial charge in [-0.2, -0.15) is 0 Å². The van der Waals surface area contributed by atoms with Gasteiger partial charge in [0.05, 0.1) is 0 Å². The van der Waals surface area contributed by atoms with E-state index in [9.17, 15) is 9.59 Å². The van der Waals surface area contributed by atoms with Crippen molar-refractivity contribution in [3.8, 4) is 0 Å². The van der Waals surface area contributed by atoms with Gasteiger partial charge in [0.1, 0.15) is 0 Å². The number of carbonyl (C=O) groups is 2. The van der Waals surface area contributed by atoms with Crippen LogP contribution in [0.4, 0.5) is 4.79 Å². The maximum Gasteiger partial charge on any atom is 0.317 e. The van der Waals surface area contributed by atoms with Crippen molar-refractivity contribution in [2.75, 3.05) is 20.1 Å². The molecule has 0 unspecified atom stereocenters. The number of nitrogens with zero attached hydrogens (tertiary/aromatic N) is 1. The van der Waals surface area contributed by atoms with Crippen molar-refractivity contribution < 1.29 is 14.7 Å². The highest BCUT2D eigenvalue weighted by atomic mass is 16.4. The Kier molecular flexibility index (Phi) is 6.17. The van der Waals surface area contributed by atoms with E-state index in [4.69, 9.17) is 5.11 Å². The summed E-state index contributed by atoms with van der Waals surface area (Å²) >= 11 is 0. The Bertz CT molecular complexity index is 251. The number of carboxylic acid groups (broad SMARTS) is 1. The third-order valence-corrected chi connectivity index (χ3v) is 1.70. The number of likely N-dealkylation sites (N-methyl/N-ethyl adjacent to an activating group) is 1. The van der Waals surface area contributed by atoms with E-state index < -0.39 is 5.97 Å². The molecule has 0 aromatic heterocycles. The van der Waals surface area contributed by atoms with E-state index in [0.717, 1.165) is 5.57 Å². The van der Waals surface area contributed by atoms with E-state index in [1.807, 2.05) is 6.92 Å². The molecule has 0 fully saturated rings. The molecule has 0 saturated carbocycles. The van der Waals surface area contributed by atoms with Crippen molar-refractivity contribution in [1.29, 1.82) is 0 Å². The average Bonchev–Trinajstić information content (AvgIpc) is 2.10. The minimum absolute atomic E-state index is 0.0739. The molecule has 0 spiro atoms. The maximum absolute atomic E-state index is 11.3. The summed E-state index contributed by atoms with van der Waals surface area (Å²) in [6, 6.07) is -0.205. The molecule has 86 valence electrons. The number of hydrogen-bond donors (Lipinski definition) is 2. The second-order valence-electron chi connectivity index (χ2n) is 3.54. The first-order valence-corrected chi connectivity index (χ1v) is 4.78. The lowest BCUT2D eigenvalue weighted by molar-refractivity contribution is -0.137. The highest BCUT2D eigenvalue weighted by Gasteiger charge is 2.07. The van der Waals surface area contributed by atoms with Gasteiger partial charge in [-0.15, -0.1) is 0 Å². The highest BCUT2D eigenvalue weighted by molar-refractivity contribution is 5.74. The summed E-state index contributed by atoms with van der Waals surface area (Å²) in [6.07, 6.45) is 0.520. The van der Waals surface area contributed by atoms with Gasteiger partial charge in [0.15, 0.2) is 0 Å². The summed E-state index contributed by atoms with van der Waals surface area (Å²) in [5.74, 6) is -0.848. The normalized spacial score (nSPS) is 9.47. The third-order valence-electron chi connectivity index (χ3n) is 1.70. The molecule has 0 heterocycles. The lowest BCUT2D eigenvalue weighted by Gasteiger charge is -2.17. The molecular weight excluding hydrogens is 196 g/mol. The van der Waals surface area contributed by atoms with Crippen molar-refractivity contribution in [2.24, 2.45) is 0 Å². The first kappa shape index (κ1) is 13.5. The predicted molar refractivity (Wildman–Crippen MR) is 57.7 cm³/mol. The van der Waals surface area contributed by atoms with Gasteiger partial charge in [-0.3, -0.25) is 4.79 Å². The number of carbonyl (C=O) groups excluding carboxylic acids is 1. The number of urea groups is 1. The smallest absolute Gasteiger partial charge is 0.317 e. The molecule has 0 atom stereocenters. The Hall–Kier alpha value is -1.52. The van der Waals surface area contributed by atoms with Crippen LogP contribution < -0.4 is 5.32 Å². The van der Waals surface area contributed by atoms with E-state index in [2.05, 4.69) is 11.9 Å². The average molecular weight is 214 g/mol. The van der Waals surface area contributed by atoms with Crippen LogP contribution in [0.5, 0.6) is 0 Å². The fourth-order valence-electron chi connectivity index (χ4n) is 1.05. The fraction of sp³-hybridized carbons (Fsp3) is 0.600. The van der Waals surface area contributed by atoms with Crippen molar-refractivity contribution >= 4 is 12.0 Å². The number of aliphatic carboxylic acids is 1. The first-order valence-electron chi connectivity index (χ1n) is 4.78. The van der Waals surface area contributed by atoms with E-state index in [1.54, 1.807) is 7.05 Å². The molecular formula is C10H18N2O3. The molecule has 0 aliphatic rings. The molecule has 5 nitrogen and oxygen atoms in total. The second kappa shape index (κ2) is 6.86. The van der Waals surface area contributed by atoms with Gasteiger partial charge in [0.25, 0.3) is 0 Å². The summed E-state index contributed by atoms with van der Waals surface area (Å²) in [5, 5.41) is 11.0. The van der Waals surface area contributed by atoms with Gasteiger partial charge in [0.2, 0.25) is 0 Å². The third kappa shape index (κ3) is 7.54. The lowest BCUT2D eigenvalue weighted by atomic mass is 10.3. The molecule has 0 radical (unpaired) electrons. The van der Waals surface area contributed by atoms with Crippen LogP contribution in [-0.4, -0.2) is 42.1 Å². The van der Waals surface area contributed by atoms with Gasteiger partial charge in [-0.1, -0.05) is 12.2 Å². The standard InChI is InChI=1S/C10H18N2O3/c1-8(2)7-12(3)10(15)11-6-4-5-9(13)14/h1,4-7H2,2-3H3,(H,11,15)(H,13,14). The van der Waals surface area contributed by atoms with Crippen LogP contribution in [0.25, 0.3) is 0 Å². The van der Waals surface area contributed by atoms with E-state index in [-0.39, 0.29) is 12.5 Å². The van der Waals surface area contributed by atoms with Gasteiger partial charge >= 0.3 is 12.0 Å². The summed E-state index contributed by atoms with van der Waals surface area (Å²) < 4.78 is 0. The van der Waals surface area contributed by atoms with Gasteiger partial charge in [0, 0.05) is 26.6 Å². The molecule has 0 bridgehead atoms. The van der Waals surface area contributed by atoms with Gasteiger partial charge in [-0.25, -0.2) is 4.79 Å². The van der Waals surface area contributed by atoms with Crippen LogP contribution in [0.1, 0.15) is 19.8 Å². The quantitative estimate of drug-likeness (QED) is 0.513. The molecule has 0 rings (SSSR count). The van der Waals surface area contributed by atoms with Crippen LogP contribution in [0.2, 0.25) is 0 Å². The fourth-order valence-corrected chi connectivity index (χ4v) is 1.05. The summed E-state index contributed by atoms with van der Waals surface area (Å²) in [4.78, 5) is 23.0. The van der Waals surface area contributed by atoms with Crippen LogP contribution >= 0.6 is 0 Å². The number of amides is 2. The van der Waals surface area contributed by atoms with Crippen molar-refractivity contribution in [3.05, 3.63) is 12.2 Å². The van der Waals surface area contributed by atoms with Crippen LogP contribution in [0.3, 0.4) is 0 Å². The lowest BCUT2D eigenvalue weighted by Crippen LogP contribution is -2.38. The van der Waals surface area contributed by atoms with Crippen LogP contribution in [0.15, 0.2) is 12.2 Å². The zero-order valence-corrected chi connectivity index (χ0v) is 9.25. The van der Waals surface area contributed by atoms with E-state index >= 15 is 0 Å². The van der Waals surface area contributed by atoms with E-state index in [1.165, 1.54) is 4.90 Å². The summed E-state index contributed by atoms with van der Waals surface area (Å²) in [7, 11) is 1.67. The van der Waals surface area contributed by atoms with Gasteiger partial charge < -0.3 is 15.3 Å². The zero-order chi connectivity index (χ0) is 11.8. The molecule has 0 aliphatic heterocycles. The Morgan fingerprint density at radius 2 is 2.07 bits per heavy atom. The largest absolute Gasteiger partial charge is 0.481 e. The van der Waals surface area contributed by atoms with Crippen LogP contribution in [0, 0.1) is 0 Å². The molecule has 0 aliphatic carbocycles. The number of nitrogens with one attached hydrogen (secondary N) is 1. The first-order chi connectivity index (χ1) is 6.93. The Labute approximate surface area is 89.8 Å². The SMILES string of the molecule is C=C(C)CN(C)C(=O)NCCCC(=O)O. The van der Waals surface area contributed by atoms with Gasteiger partial charge in [-0.05, 0) is 13.3 Å². The molecule has 5 heteroatoms. The second-order valence-corrected chi connectivity index (χ2v) is 3.54.